The highest BCUT2D eigenvalue weighted by atomic mass is 35.5. The fourth-order valence-corrected chi connectivity index (χ4v) is 5.33. The van der Waals surface area contributed by atoms with Crippen molar-refractivity contribution >= 4 is 11.6 Å². The summed E-state index contributed by atoms with van der Waals surface area (Å²) in [7, 11) is 0. The van der Waals surface area contributed by atoms with Crippen molar-refractivity contribution in [2.24, 2.45) is 23.7 Å². The molecular formula is C27H37Cl. The Hall–Kier alpha value is -1.19. The number of rotatable bonds is 6. The molecule has 1 aromatic carbocycles. The van der Waals surface area contributed by atoms with Gasteiger partial charge in [0.2, 0.25) is 0 Å². The molecule has 0 spiro atoms. The smallest absolute Gasteiger partial charge is 0.0406 e. The van der Waals surface area contributed by atoms with Gasteiger partial charge in [-0.05, 0) is 79.7 Å². The second-order valence-electron chi connectivity index (χ2n) is 9.17. The molecule has 0 radical (unpaired) electrons. The van der Waals surface area contributed by atoms with Gasteiger partial charge in [-0.3, -0.25) is 0 Å². The molecule has 0 aromatic heterocycles. The number of hydrogen-bond donors (Lipinski definition) is 0. The molecule has 3 rings (SSSR count). The fourth-order valence-electron chi connectivity index (χ4n) is 5.20. The third-order valence-electron chi connectivity index (χ3n) is 7.05. The maximum absolute atomic E-state index is 5.91. The number of benzene rings is 1. The lowest BCUT2D eigenvalue weighted by Crippen LogP contribution is -2.17. The minimum atomic E-state index is 0.736. The van der Waals surface area contributed by atoms with Crippen molar-refractivity contribution in [2.75, 3.05) is 0 Å². The lowest BCUT2D eigenvalue weighted by atomic mass is 9.75. The van der Waals surface area contributed by atoms with Gasteiger partial charge in [0.25, 0.3) is 0 Å². The first-order valence-corrected chi connectivity index (χ1v) is 12.0. The van der Waals surface area contributed by atoms with Gasteiger partial charge in [-0.25, -0.2) is 0 Å². The second-order valence-corrected chi connectivity index (χ2v) is 9.61. The van der Waals surface area contributed by atoms with Gasteiger partial charge in [-0.2, -0.15) is 0 Å². The normalized spacial score (nSPS) is 28.1. The Morgan fingerprint density at radius 1 is 0.821 bits per heavy atom. The van der Waals surface area contributed by atoms with E-state index in [1.165, 1.54) is 77.0 Å². The summed E-state index contributed by atoms with van der Waals surface area (Å²) in [6.45, 7) is 2.34. The molecule has 0 bridgehead atoms. The van der Waals surface area contributed by atoms with Crippen LogP contribution >= 0.6 is 11.6 Å². The van der Waals surface area contributed by atoms with E-state index in [0.717, 1.165) is 34.3 Å². The SMILES string of the molecule is CCCC1CCC(CCC2CCC(/C=C/C#Cc3ccc(Cl)cc3)CC2)CC1. The van der Waals surface area contributed by atoms with Gasteiger partial charge < -0.3 is 0 Å². The molecule has 0 atom stereocenters. The van der Waals surface area contributed by atoms with E-state index >= 15 is 0 Å². The highest BCUT2D eigenvalue weighted by Gasteiger charge is 2.23. The van der Waals surface area contributed by atoms with E-state index in [4.69, 9.17) is 11.6 Å². The van der Waals surface area contributed by atoms with E-state index in [-0.39, 0.29) is 0 Å². The average Bonchev–Trinajstić information content (AvgIpc) is 2.73. The molecule has 2 saturated carbocycles. The summed E-state index contributed by atoms with van der Waals surface area (Å²) in [4.78, 5) is 0. The van der Waals surface area contributed by atoms with Crippen molar-refractivity contribution in [1.82, 2.24) is 0 Å². The molecule has 2 aliphatic carbocycles. The van der Waals surface area contributed by atoms with Crippen LogP contribution in [0.1, 0.15) is 89.5 Å². The van der Waals surface area contributed by atoms with Crippen LogP contribution in [-0.2, 0) is 0 Å². The van der Waals surface area contributed by atoms with Gasteiger partial charge in [0, 0.05) is 10.6 Å². The lowest BCUT2D eigenvalue weighted by Gasteiger charge is -2.31. The quantitative estimate of drug-likeness (QED) is 0.423. The zero-order valence-corrected chi connectivity index (χ0v) is 18.4. The first-order valence-electron chi connectivity index (χ1n) is 11.7. The summed E-state index contributed by atoms with van der Waals surface area (Å²) in [5.74, 6) is 10.2. The van der Waals surface area contributed by atoms with Crippen LogP contribution in [0.3, 0.4) is 0 Å². The molecule has 2 aliphatic rings. The Balaban J connectivity index is 1.31. The van der Waals surface area contributed by atoms with E-state index in [9.17, 15) is 0 Å². The molecule has 1 aromatic rings. The minimum absolute atomic E-state index is 0.736. The van der Waals surface area contributed by atoms with E-state index in [0.29, 0.717) is 0 Å². The summed E-state index contributed by atoms with van der Waals surface area (Å²) < 4.78 is 0. The maximum atomic E-state index is 5.91. The van der Waals surface area contributed by atoms with E-state index < -0.39 is 0 Å². The predicted octanol–water partition coefficient (Wildman–Crippen LogP) is 8.44. The molecule has 0 N–H and O–H groups in total. The third kappa shape index (κ3) is 7.33. The molecular weight excluding hydrogens is 360 g/mol. The lowest BCUT2D eigenvalue weighted by molar-refractivity contribution is 0.221. The van der Waals surface area contributed by atoms with Crippen LogP contribution in [0.2, 0.25) is 5.02 Å². The molecule has 0 unspecified atom stereocenters. The molecule has 1 heteroatoms. The van der Waals surface area contributed by atoms with Gasteiger partial charge in [0.15, 0.2) is 0 Å². The largest absolute Gasteiger partial charge is 0.0843 e. The zero-order valence-electron chi connectivity index (χ0n) is 17.6. The first kappa shape index (κ1) is 21.5. The van der Waals surface area contributed by atoms with Crippen LogP contribution in [0.25, 0.3) is 0 Å². The van der Waals surface area contributed by atoms with Crippen molar-refractivity contribution in [2.45, 2.75) is 84.0 Å². The Kier molecular flexibility index (Phi) is 9.01. The van der Waals surface area contributed by atoms with Gasteiger partial charge in [-0.15, -0.1) is 0 Å². The number of allylic oxidation sites excluding steroid dienone is 2. The molecule has 0 saturated heterocycles. The standard InChI is InChI=1S/C27H37Cl/c1-2-5-22-8-12-25(13-9-22)16-17-26-14-10-23(11-15-26)6-3-4-7-24-18-20-27(28)21-19-24/h3,6,18-23,25-26H,2,5,8-17H2,1H3/b6-3+. The van der Waals surface area contributed by atoms with Gasteiger partial charge in [0.05, 0.1) is 0 Å². The van der Waals surface area contributed by atoms with Gasteiger partial charge in [-0.1, -0.05) is 87.8 Å². The van der Waals surface area contributed by atoms with E-state index in [1.807, 2.05) is 24.3 Å². The van der Waals surface area contributed by atoms with Crippen LogP contribution in [0, 0.1) is 35.5 Å². The average molecular weight is 397 g/mol. The molecule has 28 heavy (non-hydrogen) atoms. The Labute approximate surface area is 178 Å². The van der Waals surface area contributed by atoms with Crippen LogP contribution in [0.4, 0.5) is 0 Å². The maximum Gasteiger partial charge on any atom is 0.0406 e. The highest BCUT2D eigenvalue weighted by Crippen LogP contribution is 2.37. The van der Waals surface area contributed by atoms with Crippen molar-refractivity contribution in [1.29, 1.82) is 0 Å². The Morgan fingerprint density at radius 3 is 1.93 bits per heavy atom. The summed E-state index contributed by atoms with van der Waals surface area (Å²) >= 11 is 5.91. The Morgan fingerprint density at radius 2 is 1.36 bits per heavy atom. The number of halogens is 1. The topological polar surface area (TPSA) is 0 Å². The van der Waals surface area contributed by atoms with Crippen molar-refractivity contribution in [3.63, 3.8) is 0 Å². The van der Waals surface area contributed by atoms with Crippen molar-refractivity contribution in [3.8, 4) is 11.8 Å². The summed E-state index contributed by atoms with van der Waals surface area (Å²) in [5, 5.41) is 0.766. The molecule has 0 heterocycles. The summed E-state index contributed by atoms with van der Waals surface area (Å²) in [6.07, 6.45) is 21.8. The molecule has 152 valence electrons. The van der Waals surface area contributed by atoms with Crippen LogP contribution in [0.15, 0.2) is 36.4 Å². The highest BCUT2D eigenvalue weighted by molar-refractivity contribution is 6.30. The summed E-state index contributed by atoms with van der Waals surface area (Å²) in [6, 6.07) is 7.75. The summed E-state index contributed by atoms with van der Waals surface area (Å²) in [5.41, 5.74) is 1.03. The van der Waals surface area contributed by atoms with Crippen molar-refractivity contribution in [3.05, 3.63) is 47.0 Å². The molecule has 0 amide bonds. The second kappa shape index (κ2) is 11.7. The van der Waals surface area contributed by atoms with Gasteiger partial charge >= 0.3 is 0 Å². The first-order chi connectivity index (χ1) is 13.7. The minimum Gasteiger partial charge on any atom is -0.0843 e. The van der Waals surface area contributed by atoms with Crippen molar-refractivity contribution < 1.29 is 0 Å². The van der Waals surface area contributed by atoms with Crippen LogP contribution < -0.4 is 0 Å². The molecule has 0 aliphatic heterocycles. The molecule has 2 fully saturated rings. The monoisotopic (exact) mass is 396 g/mol. The number of hydrogen-bond acceptors (Lipinski definition) is 0. The van der Waals surface area contributed by atoms with Crippen LogP contribution in [-0.4, -0.2) is 0 Å². The fraction of sp³-hybridized carbons (Fsp3) is 0.630. The predicted molar refractivity (Wildman–Crippen MR) is 123 cm³/mol. The zero-order chi connectivity index (χ0) is 19.6. The van der Waals surface area contributed by atoms with E-state index in [1.54, 1.807) is 0 Å². The van der Waals surface area contributed by atoms with Crippen LogP contribution in [0.5, 0.6) is 0 Å². The third-order valence-corrected chi connectivity index (χ3v) is 7.30. The van der Waals surface area contributed by atoms with E-state index in [2.05, 4.69) is 30.9 Å². The van der Waals surface area contributed by atoms with Gasteiger partial charge in [0.1, 0.15) is 0 Å². The molecule has 0 nitrogen and oxygen atoms in total. The Bertz CT molecular complexity index is 644.